The van der Waals surface area contributed by atoms with Crippen molar-refractivity contribution in [2.75, 3.05) is 6.61 Å². The van der Waals surface area contributed by atoms with Gasteiger partial charge in [-0.25, -0.2) is 0 Å². The second-order valence-electron chi connectivity index (χ2n) is 4.60. The van der Waals surface area contributed by atoms with Crippen LogP contribution in [-0.2, 0) is 6.42 Å². The maximum atomic E-state index is 5.74. The number of hydrogen-bond acceptors (Lipinski definition) is 1. The molecule has 0 aliphatic rings. The van der Waals surface area contributed by atoms with E-state index in [0.29, 0.717) is 0 Å². The van der Waals surface area contributed by atoms with Crippen molar-refractivity contribution in [3.63, 3.8) is 0 Å². The van der Waals surface area contributed by atoms with E-state index in [1.165, 1.54) is 16.7 Å². The van der Waals surface area contributed by atoms with Gasteiger partial charge in [0.05, 0.1) is 6.61 Å². The average Bonchev–Trinajstić information content (AvgIpc) is 2.36. The Balaban J connectivity index is 2.73. The fourth-order valence-electron chi connectivity index (χ4n) is 1.90. The van der Waals surface area contributed by atoms with Crippen LogP contribution >= 0.6 is 0 Å². The summed E-state index contributed by atoms with van der Waals surface area (Å²) in [7, 11) is 0. The molecule has 0 aliphatic heterocycles. The minimum absolute atomic E-state index is 0.793. The molecule has 0 fully saturated rings. The summed E-state index contributed by atoms with van der Waals surface area (Å²) in [4.78, 5) is 0. The maximum Gasteiger partial charge on any atom is 0.122 e. The quantitative estimate of drug-likeness (QED) is 0.696. The topological polar surface area (TPSA) is 9.23 Å². The van der Waals surface area contributed by atoms with Crippen LogP contribution < -0.4 is 4.74 Å². The SMILES string of the molecule is CCC#CCCc1cc(C)c(OCCC)cc1C. The summed E-state index contributed by atoms with van der Waals surface area (Å²) in [5.41, 5.74) is 3.93. The predicted molar refractivity (Wildman–Crippen MR) is 78.1 cm³/mol. The molecule has 1 heteroatoms. The summed E-state index contributed by atoms with van der Waals surface area (Å²) in [5, 5.41) is 0. The molecule has 0 saturated carbocycles. The van der Waals surface area contributed by atoms with E-state index in [9.17, 15) is 0 Å². The number of aryl methyl sites for hydroxylation is 3. The van der Waals surface area contributed by atoms with Crippen LogP contribution in [0.4, 0.5) is 0 Å². The van der Waals surface area contributed by atoms with Gasteiger partial charge in [-0.1, -0.05) is 19.9 Å². The fraction of sp³-hybridized carbons (Fsp3) is 0.529. The third-order valence-electron chi connectivity index (χ3n) is 2.92. The first-order valence-corrected chi connectivity index (χ1v) is 6.87. The monoisotopic (exact) mass is 244 g/mol. The van der Waals surface area contributed by atoms with E-state index in [2.05, 4.69) is 51.7 Å². The van der Waals surface area contributed by atoms with Crippen LogP contribution in [0.25, 0.3) is 0 Å². The molecule has 1 aromatic carbocycles. The lowest BCUT2D eigenvalue weighted by Gasteiger charge is -2.12. The Bertz CT molecular complexity index is 435. The Morgan fingerprint density at radius 1 is 1.06 bits per heavy atom. The van der Waals surface area contributed by atoms with Crippen LogP contribution in [0.2, 0.25) is 0 Å². The highest BCUT2D eigenvalue weighted by Gasteiger charge is 2.05. The molecule has 0 unspecified atom stereocenters. The lowest BCUT2D eigenvalue weighted by atomic mass is 10.0. The zero-order valence-corrected chi connectivity index (χ0v) is 12.1. The smallest absolute Gasteiger partial charge is 0.122 e. The van der Waals surface area contributed by atoms with Gasteiger partial charge in [0.15, 0.2) is 0 Å². The van der Waals surface area contributed by atoms with E-state index in [-0.39, 0.29) is 0 Å². The van der Waals surface area contributed by atoms with Crippen LogP contribution in [-0.4, -0.2) is 6.61 Å². The first-order chi connectivity index (χ1) is 8.69. The predicted octanol–water partition coefficient (Wildman–Crippen LogP) is 4.44. The van der Waals surface area contributed by atoms with E-state index in [0.717, 1.165) is 38.0 Å². The number of benzene rings is 1. The molecule has 1 rings (SSSR count). The number of rotatable bonds is 5. The van der Waals surface area contributed by atoms with Crippen molar-refractivity contribution in [1.82, 2.24) is 0 Å². The van der Waals surface area contributed by atoms with Crippen LogP contribution in [0.3, 0.4) is 0 Å². The molecule has 18 heavy (non-hydrogen) atoms. The summed E-state index contributed by atoms with van der Waals surface area (Å²) < 4.78 is 5.74. The Hall–Kier alpha value is -1.42. The summed E-state index contributed by atoms with van der Waals surface area (Å²) in [6.07, 6.45) is 3.98. The molecule has 0 aromatic heterocycles. The highest BCUT2D eigenvalue weighted by Crippen LogP contribution is 2.23. The van der Waals surface area contributed by atoms with Gasteiger partial charge >= 0.3 is 0 Å². The van der Waals surface area contributed by atoms with Gasteiger partial charge in [-0.05, 0) is 49.4 Å². The molecule has 1 aromatic rings. The standard InChI is InChI=1S/C17H24O/c1-5-7-8-9-10-16-12-15(4)17(13-14(16)3)18-11-6-2/h12-13H,5-6,9-11H2,1-4H3. The van der Waals surface area contributed by atoms with Gasteiger partial charge in [-0.2, -0.15) is 0 Å². The molecule has 0 amide bonds. The molecule has 0 bridgehead atoms. The van der Waals surface area contributed by atoms with E-state index in [4.69, 9.17) is 4.74 Å². The van der Waals surface area contributed by atoms with Crippen LogP contribution in [0, 0.1) is 25.7 Å². The van der Waals surface area contributed by atoms with Crippen LogP contribution in [0.15, 0.2) is 12.1 Å². The highest BCUT2D eigenvalue weighted by molar-refractivity contribution is 5.41. The van der Waals surface area contributed by atoms with Crippen molar-refractivity contribution in [1.29, 1.82) is 0 Å². The lowest BCUT2D eigenvalue weighted by Crippen LogP contribution is -1.99. The maximum absolute atomic E-state index is 5.74. The molecule has 0 N–H and O–H groups in total. The third-order valence-corrected chi connectivity index (χ3v) is 2.92. The van der Waals surface area contributed by atoms with Gasteiger partial charge in [-0.15, -0.1) is 11.8 Å². The van der Waals surface area contributed by atoms with Gasteiger partial charge in [0, 0.05) is 12.8 Å². The largest absolute Gasteiger partial charge is 0.493 e. The summed E-state index contributed by atoms with van der Waals surface area (Å²) in [5.74, 6) is 7.34. The highest BCUT2D eigenvalue weighted by atomic mass is 16.5. The van der Waals surface area contributed by atoms with Gasteiger partial charge in [0.2, 0.25) is 0 Å². The normalized spacial score (nSPS) is 9.78. The molecule has 1 nitrogen and oxygen atoms in total. The lowest BCUT2D eigenvalue weighted by molar-refractivity contribution is 0.315. The van der Waals surface area contributed by atoms with E-state index < -0.39 is 0 Å². The first kappa shape index (κ1) is 14.6. The minimum atomic E-state index is 0.793. The van der Waals surface area contributed by atoms with Gasteiger partial charge in [0.25, 0.3) is 0 Å². The van der Waals surface area contributed by atoms with E-state index in [1.54, 1.807) is 0 Å². The van der Waals surface area contributed by atoms with Gasteiger partial charge in [-0.3, -0.25) is 0 Å². The Labute approximate surface area is 112 Å². The Morgan fingerprint density at radius 2 is 1.83 bits per heavy atom. The summed E-state index contributed by atoms with van der Waals surface area (Å²) in [6, 6.07) is 4.40. The summed E-state index contributed by atoms with van der Waals surface area (Å²) in [6.45, 7) is 9.28. The fourth-order valence-corrected chi connectivity index (χ4v) is 1.90. The molecule has 0 saturated heterocycles. The average molecular weight is 244 g/mol. The first-order valence-electron chi connectivity index (χ1n) is 6.87. The zero-order chi connectivity index (χ0) is 13.4. The number of ether oxygens (including phenoxy) is 1. The summed E-state index contributed by atoms with van der Waals surface area (Å²) >= 11 is 0. The minimum Gasteiger partial charge on any atom is -0.493 e. The molecule has 0 radical (unpaired) electrons. The van der Waals surface area contributed by atoms with Crippen molar-refractivity contribution in [3.8, 4) is 17.6 Å². The molecule has 0 heterocycles. The third kappa shape index (κ3) is 4.45. The van der Waals surface area contributed by atoms with E-state index in [1.807, 2.05) is 0 Å². The van der Waals surface area contributed by atoms with Gasteiger partial charge < -0.3 is 4.74 Å². The van der Waals surface area contributed by atoms with Crippen molar-refractivity contribution < 1.29 is 4.74 Å². The molecule has 98 valence electrons. The van der Waals surface area contributed by atoms with Crippen LogP contribution in [0.5, 0.6) is 5.75 Å². The second kappa shape index (κ2) is 7.82. The van der Waals surface area contributed by atoms with Crippen molar-refractivity contribution >= 4 is 0 Å². The number of hydrogen-bond donors (Lipinski definition) is 0. The zero-order valence-electron chi connectivity index (χ0n) is 12.1. The molecule has 0 spiro atoms. The Kier molecular flexibility index (Phi) is 6.36. The van der Waals surface area contributed by atoms with Crippen molar-refractivity contribution in [2.24, 2.45) is 0 Å². The second-order valence-corrected chi connectivity index (χ2v) is 4.60. The molecular weight excluding hydrogens is 220 g/mol. The Morgan fingerprint density at radius 3 is 2.50 bits per heavy atom. The molecular formula is C17H24O. The van der Waals surface area contributed by atoms with Crippen molar-refractivity contribution in [2.45, 2.75) is 53.4 Å². The van der Waals surface area contributed by atoms with E-state index >= 15 is 0 Å². The van der Waals surface area contributed by atoms with Crippen LogP contribution in [0.1, 0.15) is 49.8 Å². The molecule has 0 aliphatic carbocycles. The van der Waals surface area contributed by atoms with Gasteiger partial charge in [0.1, 0.15) is 5.75 Å². The van der Waals surface area contributed by atoms with Crippen molar-refractivity contribution in [3.05, 3.63) is 28.8 Å². The molecule has 0 atom stereocenters.